The molecule has 2 heterocycles. The molecule has 1 aromatic heterocycles. The van der Waals surface area contributed by atoms with Gasteiger partial charge in [-0.1, -0.05) is 12.2 Å². The summed E-state index contributed by atoms with van der Waals surface area (Å²) in [6.45, 7) is 3.56. The van der Waals surface area contributed by atoms with Crippen LogP contribution in [-0.2, 0) is 4.74 Å². The lowest BCUT2D eigenvalue weighted by Crippen LogP contribution is -2.60. The van der Waals surface area contributed by atoms with E-state index in [9.17, 15) is 9.90 Å². The molecular weight excluding hydrogens is 298 g/mol. The average Bonchev–Trinajstić information content (AvgIpc) is 2.53. The van der Waals surface area contributed by atoms with Crippen LogP contribution in [0.3, 0.4) is 0 Å². The van der Waals surface area contributed by atoms with Crippen LogP contribution in [0.2, 0.25) is 0 Å². The van der Waals surface area contributed by atoms with Crippen LogP contribution in [0.1, 0.15) is 13.8 Å². The Balaban J connectivity index is 1.94. The summed E-state index contributed by atoms with van der Waals surface area (Å²) in [5.41, 5.74) is -0.670. The van der Waals surface area contributed by atoms with Crippen LogP contribution < -0.4 is 10.3 Å². The van der Waals surface area contributed by atoms with Crippen molar-refractivity contribution in [1.29, 1.82) is 5.26 Å². The number of nitriles is 1. The Morgan fingerprint density at radius 1 is 1.48 bits per heavy atom. The second-order valence-electron chi connectivity index (χ2n) is 6.14. The van der Waals surface area contributed by atoms with E-state index in [1.165, 1.54) is 12.1 Å². The Hall–Kier alpha value is -2.43. The molecule has 4 atom stereocenters. The summed E-state index contributed by atoms with van der Waals surface area (Å²) in [4.78, 5) is 11.1. The van der Waals surface area contributed by atoms with E-state index >= 15 is 0 Å². The number of aromatic nitrogens is 2. The Labute approximate surface area is 132 Å². The Morgan fingerprint density at radius 2 is 2.26 bits per heavy atom. The van der Waals surface area contributed by atoms with Gasteiger partial charge in [-0.3, -0.25) is 4.79 Å². The summed E-state index contributed by atoms with van der Waals surface area (Å²) >= 11 is 0. The van der Waals surface area contributed by atoms with Gasteiger partial charge in [0.1, 0.15) is 12.2 Å². The molecule has 1 aromatic rings. The number of hydrogen-bond donors (Lipinski definition) is 2. The van der Waals surface area contributed by atoms with E-state index in [1.807, 2.05) is 0 Å². The molecule has 23 heavy (non-hydrogen) atoms. The monoisotopic (exact) mass is 315 g/mol. The lowest BCUT2D eigenvalue weighted by Gasteiger charge is -2.48. The highest BCUT2D eigenvalue weighted by molar-refractivity contribution is 5.38. The van der Waals surface area contributed by atoms with Crippen LogP contribution >= 0.6 is 0 Å². The smallest absolute Gasteiger partial charge is 0.264 e. The summed E-state index contributed by atoms with van der Waals surface area (Å²) in [6.07, 6.45) is 3.34. The maximum absolute atomic E-state index is 11.1. The summed E-state index contributed by atoms with van der Waals surface area (Å²) in [5, 5.41) is 25.8. The van der Waals surface area contributed by atoms with Gasteiger partial charge in [0.25, 0.3) is 5.56 Å². The second kappa shape index (κ2) is 5.65. The third-order valence-electron chi connectivity index (χ3n) is 4.10. The summed E-state index contributed by atoms with van der Waals surface area (Å²) < 4.78 is 11.7. The summed E-state index contributed by atoms with van der Waals surface area (Å²) in [7, 11) is 0. The number of nitrogens with zero attached hydrogens (tertiary/aromatic N) is 2. The van der Waals surface area contributed by atoms with E-state index < -0.39 is 17.8 Å². The lowest BCUT2D eigenvalue weighted by molar-refractivity contribution is -0.212. The minimum atomic E-state index is -0.930. The van der Waals surface area contributed by atoms with Crippen LogP contribution in [0.5, 0.6) is 5.88 Å². The van der Waals surface area contributed by atoms with Gasteiger partial charge in [-0.2, -0.15) is 5.26 Å². The van der Waals surface area contributed by atoms with E-state index in [2.05, 4.69) is 16.3 Å². The van der Waals surface area contributed by atoms with Crippen molar-refractivity contribution in [2.45, 2.75) is 37.8 Å². The number of ether oxygens (including phenoxy) is 2. The molecule has 3 rings (SSSR count). The van der Waals surface area contributed by atoms with Crippen molar-refractivity contribution < 1.29 is 14.6 Å². The number of H-pyrrole nitrogens is 1. The molecule has 0 aromatic carbocycles. The number of aliphatic hydroxyl groups is 1. The maximum Gasteiger partial charge on any atom is 0.264 e. The molecule has 0 saturated carbocycles. The molecule has 0 spiro atoms. The molecule has 1 fully saturated rings. The quantitative estimate of drug-likeness (QED) is 0.831. The number of allylic oxidation sites excluding steroid dienone is 2. The van der Waals surface area contributed by atoms with Crippen LogP contribution in [0.25, 0.3) is 0 Å². The highest BCUT2D eigenvalue weighted by Crippen LogP contribution is 2.38. The van der Waals surface area contributed by atoms with Crippen molar-refractivity contribution in [1.82, 2.24) is 10.2 Å². The van der Waals surface area contributed by atoms with Gasteiger partial charge in [0.15, 0.2) is 0 Å². The summed E-state index contributed by atoms with van der Waals surface area (Å²) in [6, 6.07) is 4.82. The predicted octanol–water partition coefficient (Wildman–Crippen LogP) is 0.692. The second-order valence-corrected chi connectivity index (χ2v) is 6.14. The molecule has 0 bridgehead atoms. The topological polar surface area (TPSA) is 108 Å². The van der Waals surface area contributed by atoms with Gasteiger partial charge >= 0.3 is 0 Å². The first kappa shape index (κ1) is 15.5. The molecule has 1 aliphatic heterocycles. The molecule has 1 saturated heterocycles. The molecule has 7 heteroatoms. The zero-order valence-electron chi connectivity index (χ0n) is 12.8. The fraction of sp³-hybridized carbons (Fsp3) is 0.438. The number of rotatable bonds is 2. The van der Waals surface area contributed by atoms with Crippen molar-refractivity contribution in [3.63, 3.8) is 0 Å². The van der Waals surface area contributed by atoms with Crippen LogP contribution in [0, 0.1) is 17.2 Å². The molecule has 7 nitrogen and oxygen atoms in total. The van der Waals surface area contributed by atoms with Gasteiger partial charge < -0.3 is 14.6 Å². The van der Waals surface area contributed by atoms with Crippen molar-refractivity contribution in [2.75, 3.05) is 0 Å². The number of aliphatic hydroxyl groups excluding tert-OH is 1. The highest BCUT2D eigenvalue weighted by atomic mass is 16.6. The summed E-state index contributed by atoms with van der Waals surface area (Å²) in [5.74, 6) is -0.127. The molecule has 2 N–H and O–H groups in total. The van der Waals surface area contributed by atoms with Crippen molar-refractivity contribution in [3.05, 3.63) is 46.3 Å². The maximum atomic E-state index is 11.1. The van der Waals surface area contributed by atoms with E-state index in [4.69, 9.17) is 14.7 Å². The predicted molar refractivity (Wildman–Crippen MR) is 80.6 cm³/mol. The molecule has 0 radical (unpaired) electrons. The van der Waals surface area contributed by atoms with Gasteiger partial charge in [0.05, 0.1) is 17.8 Å². The standard InChI is InChI=1S/C16H17N3O4/c1-16(2)15(21)14(22-13-6-5-12(20)18-19-13)10-7-9(8-17)3-4-11(10)23-16/h3-7,10-11,14-15,21H,1-2H3,(H,18,20). The fourth-order valence-electron chi connectivity index (χ4n) is 2.87. The van der Waals surface area contributed by atoms with Crippen LogP contribution in [0.15, 0.2) is 40.7 Å². The number of fused-ring (bicyclic) bond motifs is 1. The molecule has 4 unspecified atom stereocenters. The normalized spacial score (nSPS) is 31.7. The van der Waals surface area contributed by atoms with Crippen molar-refractivity contribution in [2.24, 2.45) is 5.92 Å². The highest BCUT2D eigenvalue weighted by Gasteiger charge is 2.50. The zero-order chi connectivity index (χ0) is 16.6. The number of aromatic amines is 1. The van der Waals surface area contributed by atoms with Crippen molar-refractivity contribution in [3.8, 4) is 11.9 Å². The fourth-order valence-corrected chi connectivity index (χ4v) is 2.87. The number of nitrogens with one attached hydrogen (secondary N) is 1. The first-order valence-electron chi connectivity index (χ1n) is 7.29. The van der Waals surface area contributed by atoms with Crippen molar-refractivity contribution >= 4 is 0 Å². The largest absolute Gasteiger partial charge is 0.470 e. The molecule has 2 aliphatic rings. The first-order valence-corrected chi connectivity index (χ1v) is 7.29. The van der Waals surface area contributed by atoms with Gasteiger partial charge in [-0.25, -0.2) is 5.10 Å². The number of hydrogen-bond acceptors (Lipinski definition) is 6. The molecule has 0 amide bonds. The molecular formula is C16H17N3O4. The minimum Gasteiger partial charge on any atom is -0.470 e. The Bertz CT molecular complexity index is 739. The lowest BCUT2D eigenvalue weighted by atomic mass is 9.78. The molecule has 1 aliphatic carbocycles. The minimum absolute atomic E-state index is 0.201. The SMILES string of the molecule is CC1(C)OC2C=CC(C#N)=CC2C(Oc2ccc(=O)[nH]n2)C1O. The third-order valence-corrected chi connectivity index (χ3v) is 4.10. The van der Waals surface area contributed by atoms with E-state index in [-0.39, 0.29) is 23.5 Å². The van der Waals surface area contributed by atoms with E-state index in [0.29, 0.717) is 5.57 Å². The Morgan fingerprint density at radius 3 is 2.91 bits per heavy atom. The average molecular weight is 315 g/mol. The zero-order valence-corrected chi connectivity index (χ0v) is 12.8. The van der Waals surface area contributed by atoms with Crippen LogP contribution in [0.4, 0.5) is 0 Å². The third kappa shape index (κ3) is 2.91. The van der Waals surface area contributed by atoms with E-state index in [1.54, 1.807) is 32.1 Å². The van der Waals surface area contributed by atoms with Gasteiger partial charge in [-0.05, 0) is 19.9 Å². The van der Waals surface area contributed by atoms with Gasteiger partial charge in [0.2, 0.25) is 5.88 Å². The first-order chi connectivity index (χ1) is 10.9. The van der Waals surface area contributed by atoms with Crippen LogP contribution in [-0.4, -0.2) is 39.2 Å². The van der Waals surface area contributed by atoms with Gasteiger partial charge in [0, 0.05) is 23.6 Å². The molecule has 120 valence electrons. The van der Waals surface area contributed by atoms with E-state index in [0.717, 1.165) is 0 Å². The van der Waals surface area contributed by atoms with Gasteiger partial charge in [-0.15, -0.1) is 5.10 Å². The Kier molecular flexibility index (Phi) is 3.80.